The minimum Gasteiger partial charge on any atom is -0.295 e. The first-order chi connectivity index (χ1) is 9.49. The maximum atomic E-state index is 10.9. The Morgan fingerprint density at radius 3 is 2.15 bits per heavy atom. The molecule has 0 aromatic rings. The third-order valence-electron chi connectivity index (χ3n) is 3.01. The fourth-order valence-corrected chi connectivity index (χ4v) is 1.47. The Hall–Kier alpha value is -1.18. The molecule has 2 nitrogen and oxygen atoms in total. The summed E-state index contributed by atoms with van der Waals surface area (Å²) in [5, 5.41) is 0. The summed E-state index contributed by atoms with van der Waals surface area (Å²) in [6.45, 7) is 9.61. The molecule has 0 N–H and O–H groups in total. The van der Waals surface area contributed by atoms with Gasteiger partial charge in [0.25, 0.3) is 0 Å². The van der Waals surface area contributed by atoms with Crippen LogP contribution in [0.3, 0.4) is 0 Å². The Balaban J connectivity index is 0. The molecule has 116 valence electrons. The van der Waals surface area contributed by atoms with E-state index in [1.807, 2.05) is 26.8 Å². The van der Waals surface area contributed by atoms with Gasteiger partial charge in [0.05, 0.1) is 0 Å². The summed E-state index contributed by atoms with van der Waals surface area (Å²) in [7, 11) is 0. The maximum Gasteiger partial charge on any atom is 0.158 e. The Bertz CT molecular complexity index is 301. The SMILES string of the molecule is C/C=C/C(=O)C(C)CC.CCCCCCC=CC(C)=O. The topological polar surface area (TPSA) is 34.1 Å². The van der Waals surface area contributed by atoms with Gasteiger partial charge in [0.2, 0.25) is 0 Å². The monoisotopic (exact) mass is 280 g/mol. The highest BCUT2D eigenvalue weighted by Gasteiger charge is 2.04. The molecule has 0 amide bonds. The molecule has 0 aliphatic heterocycles. The van der Waals surface area contributed by atoms with E-state index < -0.39 is 0 Å². The third kappa shape index (κ3) is 16.8. The van der Waals surface area contributed by atoms with Crippen molar-refractivity contribution < 1.29 is 9.59 Å². The molecule has 2 heteroatoms. The average Bonchev–Trinajstić information content (AvgIpc) is 2.42. The number of unbranched alkanes of at least 4 members (excludes halogenated alkanes) is 4. The maximum absolute atomic E-state index is 10.9. The molecule has 0 aliphatic rings. The van der Waals surface area contributed by atoms with Gasteiger partial charge in [-0.1, -0.05) is 52.2 Å². The largest absolute Gasteiger partial charge is 0.295 e. The van der Waals surface area contributed by atoms with Gasteiger partial charge in [-0.2, -0.15) is 0 Å². The van der Waals surface area contributed by atoms with Crippen molar-refractivity contribution in [1.82, 2.24) is 0 Å². The fraction of sp³-hybridized carbons (Fsp3) is 0.667. The van der Waals surface area contributed by atoms with Crippen molar-refractivity contribution >= 4 is 11.6 Å². The Morgan fingerprint density at radius 2 is 1.70 bits per heavy atom. The zero-order valence-corrected chi connectivity index (χ0v) is 13.9. The number of allylic oxidation sites excluding steroid dienone is 4. The molecular weight excluding hydrogens is 248 g/mol. The highest BCUT2D eigenvalue weighted by atomic mass is 16.1. The molecule has 0 bridgehead atoms. The second-order valence-corrected chi connectivity index (χ2v) is 5.07. The lowest BCUT2D eigenvalue weighted by molar-refractivity contribution is -0.117. The van der Waals surface area contributed by atoms with E-state index in [0.717, 1.165) is 12.8 Å². The highest BCUT2D eigenvalue weighted by molar-refractivity contribution is 5.91. The predicted octanol–water partition coefficient (Wildman–Crippen LogP) is 5.28. The van der Waals surface area contributed by atoms with Crippen LogP contribution in [-0.2, 0) is 9.59 Å². The molecule has 1 unspecified atom stereocenters. The molecular formula is C18H32O2. The van der Waals surface area contributed by atoms with E-state index in [-0.39, 0.29) is 17.5 Å². The van der Waals surface area contributed by atoms with Crippen LogP contribution in [0, 0.1) is 5.92 Å². The van der Waals surface area contributed by atoms with E-state index in [2.05, 4.69) is 6.92 Å². The smallest absolute Gasteiger partial charge is 0.158 e. The summed E-state index contributed by atoms with van der Waals surface area (Å²) >= 11 is 0. The van der Waals surface area contributed by atoms with Gasteiger partial charge in [0.15, 0.2) is 11.6 Å². The number of carbonyl (C=O) groups is 2. The van der Waals surface area contributed by atoms with Gasteiger partial charge >= 0.3 is 0 Å². The van der Waals surface area contributed by atoms with Gasteiger partial charge in [-0.3, -0.25) is 9.59 Å². The molecule has 0 aliphatic carbocycles. The van der Waals surface area contributed by atoms with E-state index in [0.29, 0.717) is 0 Å². The van der Waals surface area contributed by atoms with Crippen molar-refractivity contribution in [3.63, 3.8) is 0 Å². The molecule has 0 saturated heterocycles. The third-order valence-corrected chi connectivity index (χ3v) is 3.01. The molecule has 0 radical (unpaired) electrons. The number of rotatable bonds is 9. The molecule has 0 spiro atoms. The molecule has 1 atom stereocenters. The van der Waals surface area contributed by atoms with Crippen LogP contribution in [0.1, 0.15) is 73.1 Å². The Kier molecular flexibility index (Phi) is 16.8. The van der Waals surface area contributed by atoms with E-state index >= 15 is 0 Å². The van der Waals surface area contributed by atoms with Gasteiger partial charge in [-0.05, 0) is 45.3 Å². The lowest BCUT2D eigenvalue weighted by Gasteiger charge is -2.00. The van der Waals surface area contributed by atoms with E-state index in [4.69, 9.17) is 0 Å². The lowest BCUT2D eigenvalue weighted by atomic mass is 10.0. The quantitative estimate of drug-likeness (QED) is 0.425. The van der Waals surface area contributed by atoms with Gasteiger partial charge < -0.3 is 0 Å². The van der Waals surface area contributed by atoms with Crippen LogP contribution in [-0.4, -0.2) is 11.6 Å². The molecule has 0 aromatic carbocycles. The molecule has 0 rings (SSSR count). The van der Waals surface area contributed by atoms with Crippen LogP contribution in [0.2, 0.25) is 0 Å². The van der Waals surface area contributed by atoms with E-state index in [1.165, 1.54) is 25.7 Å². The summed E-state index contributed by atoms with van der Waals surface area (Å²) in [4.78, 5) is 21.3. The highest BCUT2D eigenvalue weighted by Crippen LogP contribution is 2.03. The van der Waals surface area contributed by atoms with Crippen molar-refractivity contribution in [2.24, 2.45) is 5.92 Å². The molecule has 20 heavy (non-hydrogen) atoms. The van der Waals surface area contributed by atoms with Crippen molar-refractivity contribution in [1.29, 1.82) is 0 Å². The second-order valence-electron chi connectivity index (χ2n) is 5.07. The molecule has 0 aromatic heterocycles. The molecule has 0 heterocycles. The van der Waals surface area contributed by atoms with Crippen LogP contribution in [0.15, 0.2) is 24.3 Å². The average molecular weight is 280 g/mol. The number of carbonyl (C=O) groups excluding carboxylic acids is 2. The fourth-order valence-electron chi connectivity index (χ4n) is 1.47. The van der Waals surface area contributed by atoms with Crippen molar-refractivity contribution in [2.75, 3.05) is 0 Å². The number of hydrogen-bond donors (Lipinski definition) is 0. The van der Waals surface area contributed by atoms with Crippen molar-refractivity contribution in [3.8, 4) is 0 Å². The van der Waals surface area contributed by atoms with Crippen LogP contribution >= 0.6 is 0 Å². The molecule has 0 saturated carbocycles. The van der Waals surface area contributed by atoms with Crippen LogP contribution < -0.4 is 0 Å². The van der Waals surface area contributed by atoms with E-state index in [9.17, 15) is 9.59 Å². The Labute approximate surface area is 125 Å². The minimum absolute atomic E-state index is 0.153. The summed E-state index contributed by atoms with van der Waals surface area (Å²) in [6.07, 6.45) is 14.1. The zero-order valence-electron chi connectivity index (χ0n) is 13.9. The van der Waals surface area contributed by atoms with Gasteiger partial charge in [0.1, 0.15) is 0 Å². The van der Waals surface area contributed by atoms with Crippen LogP contribution in [0.25, 0.3) is 0 Å². The van der Waals surface area contributed by atoms with Crippen molar-refractivity contribution in [2.45, 2.75) is 73.1 Å². The summed E-state index contributed by atoms with van der Waals surface area (Å²) in [6, 6.07) is 0. The normalized spacial score (nSPS) is 12.2. The predicted molar refractivity (Wildman–Crippen MR) is 87.9 cm³/mol. The number of ketones is 2. The van der Waals surface area contributed by atoms with Crippen LogP contribution in [0.5, 0.6) is 0 Å². The van der Waals surface area contributed by atoms with Gasteiger partial charge in [-0.15, -0.1) is 0 Å². The summed E-state index contributed by atoms with van der Waals surface area (Å²) < 4.78 is 0. The van der Waals surface area contributed by atoms with Gasteiger partial charge in [0, 0.05) is 5.92 Å². The number of hydrogen-bond acceptors (Lipinski definition) is 2. The Morgan fingerprint density at radius 1 is 1.05 bits per heavy atom. The van der Waals surface area contributed by atoms with Crippen molar-refractivity contribution in [3.05, 3.63) is 24.3 Å². The molecule has 0 fully saturated rings. The van der Waals surface area contributed by atoms with E-state index in [1.54, 1.807) is 25.2 Å². The minimum atomic E-state index is 0.153. The first kappa shape index (κ1) is 21.1. The first-order valence-corrected chi connectivity index (χ1v) is 7.83. The second kappa shape index (κ2) is 15.9. The summed E-state index contributed by atoms with van der Waals surface area (Å²) in [5.41, 5.74) is 0. The van der Waals surface area contributed by atoms with Gasteiger partial charge in [-0.25, -0.2) is 0 Å². The lowest BCUT2D eigenvalue weighted by Crippen LogP contribution is -2.05. The standard InChI is InChI=1S/C10H18O.C8H14O/c1-3-4-5-6-7-8-9-10(2)11;1-4-6-8(9)7(3)5-2/h8-9H,3-7H2,1-2H3;4,6-7H,5H2,1-3H3/b;6-4+. The zero-order chi connectivity index (χ0) is 15.8. The first-order valence-electron chi connectivity index (χ1n) is 7.83. The summed E-state index contributed by atoms with van der Waals surface area (Å²) in [5.74, 6) is 0.585. The van der Waals surface area contributed by atoms with Crippen LogP contribution in [0.4, 0.5) is 0 Å².